The van der Waals surface area contributed by atoms with Crippen molar-refractivity contribution < 1.29 is 14.3 Å². The average molecular weight is 306 g/mol. The van der Waals surface area contributed by atoms with Crippen molar-refractivity contribution in [3.63, 3.8) is 0 Å². The fourth-order valence-corrected chi connectivity index (χ4v) is 3.51. The summed E-state index contributed by atoms with van der Waals surface area (Å²) in [6.07, 6.45) is 5.58. The summed E-state index contributed by atoms with van der Waals surface area (Å²) in [6.45, 7) is 3.23. The second-order valence-electron chi connectivity index (χ2n) is 5.82. The molecule has 2 unspecified atom stereocenters. The fourth-order valence-electron chi connectivity index (χ4n) is 3.51. The standard InChI is InChI=1S/C15H22N4O3/c1-3-22-10-15(21)18-7-6-13-12(18)4-5-14(20)19(13)11-8-16-17(2)9-11/h8-9,12-13H,3-7,10H2,1-2H3. The second kappa shape index (κ2) is 6.08. The molecular weight excluding hydrogens is 284 g/mol. The van der Waals surface area contributed by atoms with E-state index in [0.29, 0.717) is 19.6 Å². The number of nitrogens with zero attached hydrogens (tertiary/aromatic N) is 4. The zero-order chi connectivity index (χ0) is 15.7. The molecule has 2 aliphatic heterocycles. The molecule has 0 saturated carbocycles. The molecule has 0 radical (unpaired) electrons. The van der Waals surface area contributed by atoms with Gasteiger partial charge in [0.2, 0.25) is 11.8 Å². The molecule has 2 atom stereocenters. The van der Waals surface area contributed by atoms with Crippen LogP contribution in [-0.4, -0.2) is 58.3 Å². The summed E-state index contributed by atoms with van der Waals surface area (Å²) < 4.78 is 6.93. The minimum atomic E-state index is 0.0230. The minimum Gasteiger partial charge on any atom is -0.372 e. The van der Waals surface area contributed by atoms with Crippen molar-refractivity contribution >= 4 is 17.5 Å². The monoisotopic (exact) mass is 306 g/mol. The lowest BCUT2D eigenvalue weighted by molar-refractivity contribution is -0.138. The van der Waals surface area contributed by atoms with Crippen molar-refractivity contribution in [2.45, 2.75) is 38.3 Å². The van der Waals surface area contributed by atoms with E-state index in [0.717, 1.165) is 18.5 Å². The quantitative estimate of drug-likeness (QED) is 0.815. The van der Waals surface area contributed by atoms with E-state index in [2.05, 4.69) is 5.10 Å². The number of aryl methyl sites for hydroxylation is 1. The molecule has 2 saturated heterocycles. The van der Waals surface area contributed by atoms with Gasteiger partial charge in [0.1, 0.15) is 6.61 Å². The highest BCUT2D eigenvalue weighted by Gasteiger charge is 2.45. The Morgan fingerprint density at radius 3 is 2.91 bits per heavy atom. The minimum absolute atomic E-state index is 0.0230. The second-order valence-corrected chi connectivity index (χ2v) is 5.82. The first-order valence-corrected chi connectivity index (χ1v) is 7.79. The van der Waals surface area contributed by atoms with E-state index in [4.69, 9.17) is 4.74 Å². The third-order valence-corrected chi connectivity index (χ3v) is 4.48. The molecule has 22 heavy (non-hydrogen) atoms. The van der Waals surface area contributed by atoms with Crippen molar-refractivity contribution in [3.05, 3.63) is 12.4 Å². The summed E-state index contributed by atoms with van der Waals surface area (Å²) in [5.74, 6) is 0.142. The topological polar surface area (TPSA) is 67.7 Å². The molecule has 2 fully saturated rings. The van der Waals surface area contributed by atoms with Gasteiger partial charge in [0, 0.05) is 32.8 Å². The molecule has 1 aromatic heterocycles. The number of rotatable bonds is 4. The highest BCUT2D eigenvalue weighted by atomic mass is 16.5. The molecule has 7 heteroatoms. The van der Waals surface area contributed by atoms with Crippen molar-refractivity contribution in [2.24, 2.45) is 7.05 Å². The van der Waals surface area contributed by atoms with Crippen LogP contribution in [-0.2, 0) is 21.4 Å². The zero-order valence-corrected chi connectivity index (χ0v) is 13.1. The summed E-state index contributed by atoms with van der Waals surface area (Å²) in [5, 5.41) is 4.16. The van der Waals surface area contributed by atoms with Gasteiger partial charge in [-0.15, -0.1) is 0 Å². The van der Waals surface area contributed by atoms with Gasteiger partial charge >= 0.3 is 0 Å². The third kappa shape index (κ3) is 2.61. The molecule has 0 aliphatic carbocycles. The van der Waals surface area contributed by atoms with E-state index in [-0.39, 0.29) is 30.5 Å². The Morgan fingerprint density at radius 2 is 2.23 bits per heavy atom. The van der Waals surface area contributed by atoms with E-state index in [1.54, 1.807) is 10.9 Å². The molecule has 0 N–H and O–H groups in total. The average Bonchev–Trinajstić information content (AvgIpc) is 3.11. The molecule has 3 rings (SSSR count). The van der Waals surface area contributed by atoms with Crippen molar-refractivity contribution in [1.82, 2.24) is 14.7 Å². The van der Waals surface area contributed by atoms with Crippen molar-refractivity contribution in [2.75, 3.05) is 24.7 Å². The number of ether oxygens (including phenoxy) is 1. The van der Waals surface area contributed by atoms with Gasteiger partial charge in [0.05, 0.1) is 24.0 Å². The number of aromatic nitrogens is 2. The Hall–Kier alpha value is -1.89. The lowest BCUT2D eigenvalue weighted by Gasteiger charge is -2.39. The van der Waals surface area contributed by atoms with Crippen molar-refractivity contribution in [1.29, 1.82) is 0 Å². The molecule has 3 heterocycles. The molecule has 2 aliphatic rings. The SMILES string of the molecule is CCOCC(=O)N1CCC2C1CCC(=O)N2c1cnn(C)c1. The van der Waals surface area contributed by atoms with Crippen LogP contribution in [0.4, 0.5) is 5.69 Å². The van der Waals surface area contributed by atoms with Gasteiger partial charge in [0.15, 0.2) is 0 Å². The van der Waals surface area contributed by atoms with Crippen LogP contribution >= 0.6 is 0 Å². The van der Waals surface area contributed by atoms with Gasteiger partial charge in [-0.1, -0.05) is 0 Å². The maximum Gasteiger partial charge on any atom is 0.248 e. The highest BCUT2D eigenvalue weighted by Crippen LogP contribution is 2.34. The molecule has 0 bridgehead atoms. The largest absolute Gasteiger partial charge is 0.372 e. The highest BCUT2D eigenvalue weighted by molar-refractivity contribution is 5.95. The van der Waals surface area contributed by atoms with Crippen molar-refractivity contribution in [3.8, 4) is 0 Å². The summed E-state index contributed by atoms with van der Waals surface area (Å²) in [5.41, 5.74) is 0.821. The van der Waals surface area contributed by atoms with E-state index >= 15 is 0 Å². The molecule has 2 amide bonds. The number of hydrogen-bond donors (Lipinski definition) is 0. The smallest absolute Gasteiger partial charge is 0.248 e. The normalized spacial score (nSPS) is 24.7. The van der Waals surface area contributed by atoms with E-state index in [9.17, 15) is 9.59 Å². The predicted octanol–water partition coefficient (Wildman–Crippen LogP) is 0.553. The number of amides is 2. The van der Waals surface area contributed by atoms with Crippen LogP contribution in [0.3, 0.4) is 0 Å². The summed E-state index contributed by atoms with van der Waals surface area (Å²) in [4.78, 5) is 28.3. The van der Waals surface area contributed by atoms with Gasteiger partial charge in [-0.2, -0.15) is 5.10 Å². The molecule has 7 nitrogen and oxygen atoms in total. The van der Waals surface area contributed by atoms with Crippen LogP contribution in [0.25, 0.3) is 0 Å². The first-order chi connectivity index (χ1) is 10.6. The fraction of sp³-hybridized carbons (Fsp3) is 0.667. The molecule has 0 aromatic carbocycles. The number of piperidine rings is 1. The zero-order valence-electron chi connectivity index (χ0n) is 13.1. The van der Waals surface area contributed by atoms with Gasteiger partial charge in [0.25, 0.3) is 0 Å². The maximum absolute atomic E-state index is 12.4. The van der Waals surface area contributed by atoms with Gasteiger partial charge < -0.3 is 14.5 Å². The van der Waals surface area contributed by atoms with Crippen LogP contribution < -0.4 is 4.90 Å². The summed E-state index contributed by atoms with van der Waals surface area (Å²) in [6, 6.07) is 0.141. The lowest BCUT2D eigenvalue weighted by atomic mass is 9.96. The Balaban J connectivity index is 1.78. The van der Waals surface area contributed by atoms with E-state index in [1.807, 2.05) is 30.0 Å². The predicted molar refractivity (Wildman–Crippen MR) is 80.3 cm³/mol. The number of carbonyl (C=O) groups excluding carboxylic acids is 2. The Labute approximate surface area is 129 Å². The van der Waals surface area contributed by atoms with Gasteiger partial charge in [-0.05, 0) is 19.8 Å². The number of hydrogen-bond acceptors (Lipinski definition) is 4. The number of carbonyl (C=O) groups is 2. The Bertz CT molecular complexity index is 571. The first-order valence-electron chi connectivity index (χ1n) is 7.79. The van der Waals surface area contributed by atoms with Gasteiger partial charge in [-0.25, -0.2) is 0 Å². The molecule has 1 aromatic rings. The molecule has 0 spiro atoms. The molecule has 120 valence electrons. The van der Waals surface area contributed by atoms with Crippen LogP contribution in [0, 0.1) is 0 Å². The first kappa shape index (κ1) is 15.0. The number of fused-ring (bicyclic) bond motifs is 1. The third-order valence-electron chi connectivity index (χ3n) is 4.48. The van der Waals surface area contributed by atoms with Crippen LogP contribution in [0.5, 0.6) is 0 Å². The maximum atomic E-state index is 12.4. The molecular formula is C15H22N4O3. The van der Waals surface area contributed by atoms with Crippen LogP contribution in [0.1, 0.15) is 26.2 Å². The lowest BCUT2D eigenvalue weighted by Crippen LogP contribution is -2.53. The van der Waals surface area contributed by atoms with E-state index in [1.165, 1.54) is 0 Å². The Morgan fingerprint density at radius 1 is 1.41 bits per heavy atom. The van der Waals surface area contributed by atoms with Gasteiger partial charge in [-0.3, -0.25) is 14.3 Å². The number of anilines is 1. The Kier molecular flexibility index (Phi) is 4.15. The summed E-state index contributed by atoms with van der Waals surface area (Å²) >= 11 is 0. The summed E-state index contributed by atoms with van der Waals surface area (Å²) in [7, 11) is 1.84. The van der Waals surface area contributed by atoms with Crippen LogP contribution in [0.15, 0.2) is 12.4 Å². The van der Waals surface area contributed by atoms with E-state index < -0.39 is 0 Å². The van der Waals surface area contributed by atoms with Crippen LogP contribution in [0.2, 0.25) is 0 Å². The number of likely N-dealkylation sites (tertiary alicyclic amines) is 1.